The van der Waals surface area contributed by atoms with Gasteiger partial charge in [-0.3, -0.25) is 9.59 Å². The minimum atomic E-state index is -3.69. The number of benzene rings is 2. The summed E-state index contributed by atoms with van der Waals surface area (Å²) in [5.41, 5.74) is 1.67. The molecular weight excluding hydrogens is 418 g/mol. The Morgan fingerprint density at radius 3 is 2.42 bits per heavy atom. The summed E-state index contributed by atoms with van der Waals surface area (Å²) >= 11 is 0. The van der Waals surface area contributed by atoms with E-state index in [2.05, 4.69) is 15.4 Å². The molecule has 0 spiro atoms. The predicted octanol–water partition coefficient (Wildman–Crippen LogP) is 2.46. The lowest BCUT2D eigenvalue weighted by molar-refractivity contribution is -0.116. The highest BCUT2D eigenvalue weighted by Crippen LogP contribution is 2.15. The van der Waals surface area contributed by atoms with Crippen LogP contribution in [0.3, 0.4) is 0 Å². The SMILES string of the molecule is CCOCCCNC(=O)c1ccccc1NC(=O)CCNS(=O)(=O)c1ccc(C)cc1. The van der Waals surface area contributed by atoms with Gasteiger partial charge in [0.05, 0.1) is 16.1 Å². The number of carbonyl (C=O) groups is 2. The molecule has 0 atom stereocenters. The van der Waals surface area contributed by atoms with Gasteiger partial charge in [-0.2, -0.15) is 0 Å². The van der Waals surface area contributed by atoms with Gasteiger partial charge in [0.15, 0.2) is 0 Å². The van der Waals surface area contributed by atoms with E-state index in [9.17, 15) is 18.0 Å². The average molecular weight is 448 g/mol. The van der Waals surface area contributed by atoms with Crippen LogP contribution in [0.15, 0.2) is 53.4 Å². The first kappa shape index (κ1) is 24.5. The Kier molecular flexibility index (Phi) is 9.64. The minimum Gasteiger partial charge on any atom is -0.382 e. The van der Waals surface area contributed by atoms with Crippen molar-refractivity contribution in [3.05, 3.63) is 59.7 Å². The molecule has 8 nitrogen and oxygen atoms in total. The summed E-state index contributed by atoms with van der Waals surface area (Å²) < 4.78 is 32.2. The number of hydrogen-bond donors (Lipinski definition) is 3. The van der Waals surface area contributed by atoms with Crippen LogP contribution >= 0.6 is 0 Å². The third kappa shape index (κ3) is 8.12. The standard InChI is InChI=1S/C22H29N3O5S/c1-3-30-16-6-14-23-22(27)19-7-4-5-8-20(19)25-21(26)13-15-24-31(28,29)18-11-9-17(2)10-12-18/h4-5,7-12,24H,3,6,13-16H2,1-2H3,(H,23,27)(H,25,26). The molecule has 0 aliphatic heterocycles. The van der Waals surface area contributed by atoms with Crippen molar-refractivity contribution in [3.8, 4) is 0 Å². The first-order valence-electron chi connectivity index (χ1n) is 10.1. The van der Waals surface area contributed by atoms with Crippen molar-refractivity contribution >= 4 is 27.5 Å². The number of rotatable bonds is 12. The lowest BCUT2D eigenvalue weighted by Crippen LogP contribution is -2.29. The number of sulfonamides is 1. The van der Waals surface area contributed by atoms with Crippen LogP contribution in [0.2, 0.25) is 0 Å². The molecule has 2 aromatic rings. The molecule has 2 rings (SSSR count). The number of hydrogen-bond acceptors (Lipinski definition) is 5. The van der Waals surface area contributed by atoms with Gasteiger partial charge in [-0.05, 0) is 44.5 Å². The van der Waals surface area contributed by atoms with Gasteiger partial charge in [0.25, 0.3) is 5.91 Å². The van der Waals surface area contributed by atoms with Crippen LogP contribution in [0, 0.1) is 6.92 Å². The van der Waals surface area contributed by atoms with Crippen molar-refractivity contribution in [2.75, 3.05) is 31.6 Å². The third-order valence-corrected chi connectivity index (χ3v) is 5.85. The first-order valence-corrected chi connectivity index (χ1v) is 11.6. The Balaban J connectivity index is 1.86. The maximum Gasteiger partial charge on any atom is 0.253 e. The maximum absolute atomic E-state index is 12.4. The third-order valence-electron chi connectivity index (χ3n) is 4.38. The summed E-state index contributed by atoms with van der Waals surface area (Å²) in [6.45, 7) is 5.37. The topological polar surface area (TPSA) is 114 Å². The van der Waals surface area contributed by atoms with Crippen molar-refractivity contribution in [1.82, 2.24) is 10.0 Å². The van der Waals surface area contributed by atoms with Crippen LogP contribution in [0.1, 0.15) is 35.7 Å². The van der Waals surface area contributed by atoms with E-state index in [0.717, 1.165) is 5.56 Å². The van der Waals surface area contributed by atoms with Crippen LogP contribution < -0.4 is 15.4 Å². The maximum atomic E-state index is 12.4. The number of para-hydroxylation sites is 1. The van der Waals surface area contributed by atoms with E-state index >= 15 is 0 Å². The number of aryl methyl sites for hydroxylation is 1. The summed E-state index contributed by atoms with van der Waals surface area (Å²) in [7, 11) is -3.69. The Hall–Kier alpha value is -2.75. The highest BCUT2D eigenvalue weighted by Gasteiger charge is 2.15. The fourth-order valence-electron chi connectivity index (χ4n) is 2.72. The van der Waals surface area contributed by atoms with Gasteiger partial charge in [0, 0.05) is 32.7 Å². The Morgan fingerprint density at radius 1 is 1.00 bits per heavy atom. The molecule has 0 aliphatic rings. The van der Waals surface area contributed by atoms with Crippen LogP contribution in [-0.4, -0.2) is 46.5 Å². The minimum absolute atomic E-state index is 0.0617. The van der Waals surface area contributed by atoms with Crippen molar-refractivity contribution in [3.63, 3.8) is 0 Å². The van der Waals surface area contributed by atoms with Crippen LogP contribution in [0.5, 0.6) is 0 Å². The highest BCUT2D eigenvalue weighted by atomic mass is 32.2. The number of carbonyl (C=O) groups excluding carboxylic acids is 2. The zero-order valence-electron chi connectivity index (χ0n) is 17.8. The second kappa shape index (κ2) is 12.2. The molecule has 9 heteroatoms. The number of ether oxygens (including phenoxy) is 1. The Bertz CT molecular complexity index is 975. The van der Waals surface area contributed by atoms with Crippen LogP contribution in [-0.2, 0) is 19.6 Å². The Morgan fingerprint density at radius 2 is 1.71 bits per heavy atom. The molecule has 0 saturated heterocycles. The molecule has 0 unspecified atom stereocenters. The van der Waals surface area contributed by atoms with E-state index in [1.807, 2.05) is 13.8 Å². The van der Waals surface area contributed by atoms with Crippen LogP contribution in [0.25, 0.3) is 0 Å². The molecule has 3 N–H and O–H groups in total. The van der Waals surface area contributed by atoms with Gasteiger partial charge >= 0.3 is 0 Å². The molecular formula is C22H29N3O5S. The van der Waals surface area contributed by atoms with E-state index in [1.165, 1.54) is 12.1 Å². The molecule has 0 aliphatic carbocycles. The predicted molar refractivity (Wildman–Crippen MR) is 119 cm³/mol. The number of nitrogens with one attached hydrogen (secondary N) is 3. The average Bonchev–Trinajstić information content (AvgIpc) is 2.74. The summed E-state index contributed by atoms with van der Waals surface area (Å²) in [6, 6.07) is 13.1. The highest BCUT2D eigenvalue weighted by molar-refractivity contribution is 7.89. The fourth-order valence-corrected chi connectivity index (χ4v) is 3.75. The summed E-state index contributed by atoms with van der Waals surface area (Å²) in [5.74, 6) is -0.698. The van der Waals surface area contributed by atoms with Gasteiger partial charge < -0.3 is 15.4 Å². The van der Waals surface area contributed by atoms with Gasteiger partial charge in [-0.15, -0.1) is 0 Å². The van der Waals surface area contributed by atoms with Gasteiger partial charge in [-0.25, -0.2) is 13.1 Å². The zero-order valence-corrected chi connectivity index (χ0v) is 18.6. The lowest BCUT2D eigenvalue weighted by atomic mass is 10.1. The molecule has 0 aromatic heterocycles. The number of anilines is 1. The van der Waals surface area contributed by atoms with Crippen molar-refractivity contribution in [2.24, 2.45) is 0 Å². The molecule has 2 aromatic carbocycles. The zero-order chi connectivity index (χ0) is 22.7. The lowest BCUT2D eigenvalue weighted by Gasteiger charge is -2.12. The van der Waals surface area contributed by atoms with E-state index in [0.29, 0.717) is 37.4 Å². The second-order valence-corrected chi connectivity index (χ2v) is 8.63. The van der Waals surface area contributed by atoms with E-state index in [4.69, 9.17) is 4.74 Å². The van der Waals surface area contributed by atoms with Crippen molar-refractivity contribution in [2.45, 2.75) is 31.6 Å². The van der Waals surface area contributed by atoms with E-state index in [-0.39, 0.29) is 23.8 Å². The molecule has 2 amide bonds. The molecule has 0 bridgehead atoms. The normalized spacial score (nSPS) is 11.2. The van der Waals surface area contributed by atoms with E-state index < -0.39 is 15.9 Å². The van der Waals surface area contributed by atoms with Crippen molar-refractivity contribution < 1.29 is 22.7 Å². The second-order valence-electron chi connectivity index (χ2n) is 6.86. The van der Waals surface area contributed by atoms with Crippen molar-refractivity contribution in [1.29, 1.82) is 0 Å². The van der Waals surface area contributed by atoms with Gasteiger partial charge in [0.2, 0.25) is 15.9 Å². The van der Waals surface area contributed by atoms with Gasteiger partial charge in [0.1, 0.15) is 0 Å². The fraction of sp³-hybridized carbons (Fsp3) is 0.364. The Labute approximate surface area is 183 Å². The molecule has 0 radical (unpaired) electrons. The summed E-state index contributed by atoms with van der Waals surface area (Å²) in [5, 5.41) is 5.47. The number of amides is 2. The monoisotopic (exact) mass is 447 g/mol. The molecule has 0 fully saturated rings. The summed E-state index contributed by atoms with van der Waals surface area (Å²) in [4.78, 5) is 24.8. The molecule has 0 saturated carbocycles. The molecule has 0 heterocycles. The van der Waals surface area contributed by atoms with Gasteiger partial charge in [-0.1, -0.05) is 29.8 Å². The molecule has 31 heavy (non-hydrogen) atoms. The van der Waals surface area contributed by atoms with Crippen LogP contribution in [0.4, 0.5) is 5.69 Å². The molecule has 168 valence electrons. The summed E-state index contributed by atoms with van der Waals surface area (Å²) in [6.07, 6.45) is 0.616. The largest absolute Gasteiger partial charge is 0.382 e. The van der Waals surface area contributed by atoms with E-state index in [1.54, 1.807) is 36.4 Å². The quantitative estimate of drug-likeness (QED) is 0.433. The first-order chi connectivity index (χ1) is 14.8. The smallest absolute Gasteiger partial charge is 0.253 e.